The summed E-state index contributed by atoms with van der Waals surface area (Å²) >= 11 is 0. The van der Waals surface area contributed by atoms with Crippen LogP contribution in [0.4, 0.5) is 13.2 Å². The van der Waals surface area contributed by atoms with Crippen LogP contribution in [-0.4, -0.2) is 24.5 Å². The van der Waals surface area contributed by atoms with Crippen LogP contribution >= 0.6 is 0 Å². The minimum absolute atomic E-state index is 0.0513. The maximum Gasteiger partial charge on any atom is 0.195 e. The van der Waals surface area contributed by atoms with Crippen LogP contribution in [0.25, 0.3) is 0 Å². The Morgan fingerprint density at radius 1 is 1.29 bits per heavy atom. The summed E-state index contributed by atoms with van der Waals surface area (Å²) in [5.74, 6) is -5.29. The molecule has 1 aliphatic rings. The van der Waals surface area contributed by atoms with Crippen molar-refractivity contribution < 1.29 is 22.7 Å². The highest BCUT2D eigenvalue weighted by molar-refractivity contribution is 6.03. The summed E-state index contributed by atoms with van der Waals surface area (Å²) in [6.07, 6.45) is 0.226. The highest BCUT2D eigenvalue weighted by Crippen LogP contribution is 2.24. The standard InChI is InChI=1S/C11H10F3NO2/c12-7-2-1-6(8(13)9(7)14)10(16)11(15)3-4-17-5-11/h1-2H,3-5,15H2. The normalized spacial score (nSPS) is 24.0. The first-order valence-electron chi connectivity index (χ1n) is 5.00. The van der Waals surface area contributed by atoms with Gasteiger partial charge in [0.05, 0.1) is 12.2 Å². The van der Waals surface area contributed by atoms with Crippen LogP contribution in [0.15, 0.2) is 12.1 Å². The van der Waals surface area contributed by atoms with Crippen LogP contribution in [-0.2, 0) is 4.74 Å². The predicted molar refractivity (Wildman–Crippen MR) is 53.0 cm³/mol. The van der Waals surface area contributed by atoms with Crippen LogP contribution in [0.5, 0.6) is 0 Å². The van der Waals surface area contributed by atoms with E-state index in [1.807, 2.05) is 0 Å². The molecule has 1 aromatic rings. The SMILES string of the molecule is NC1(C(=O)c2ccc(F)c(F)c2F)CCOC1. The number of carbonyl (C=O) groups excluding carboxylic acids is 1. The maximum atomic E-state index is 13.4. The van der Waals surface area contributed by atoms with Crippen molar-refractivity contribution in [1.29, 1.82) is 0 Å². The quantitative estimate of drug-likeness (QED) is 0.633. The van der Waals surface area contributed by atoms with Gasteiger partial charge in [0.15, 0.2) is 23.2 Å². The Labute approximate surface area is 95.4 Å². The Morgan fingerprint density at radius 3 is 2.59 bits per heavy atom. The Kier molecular flexibility index (Phi) is 2.92. The Balaban J connectivity index is 2.41. The van der Waals surface area contributed by atoms with Gasteiger partial charge in [-0.1, -0.05) is 0 Å². The van der Waals surface area contributed by atoms with Gasteiger partial charge in [0.25, 0.3) is 0 Å². The average Bonchev–Trinajstić information content (AvgIpc) is 2.74. The van der Waals surface area contributed by atoms with Crippen LogP contribution in [0.2, 0.25) is 0 Å². The zero-order valence-electron chi connectivity index (χ0n) is 8.80. The lowest BCUT2D eigenvalue weighted by Gasteiger charge is -2.20. The van der Waals surface area contributed by atoms with Gasteiger partial charge in [0.2, 0.25) is 0 Å². The van der Waals surface area contributed by atoms with Gasteiger partial charge in [-0.25, -0.2) is 13.2 Å². The molecule has 1 heterocycles. The smallest absolute Gasteiger partial charge is 0.195 e. The minimum Gasteiger partial charge on any atom is -0.379 e. The molecular weight excluding hydrogens is 235 g/mol. The molecule has 1 aliphatic heterocycles. The third-order valence-corrected chi connectivity index (χ3v) is 2.78. The fourth-order valence-corrected chi connectivity index (χ4v) is 1.73. The third-order valence-electron chi connectivity index (χ3n) is 2.78. The lowest BCUT2D eigenvalue weighted by atomic mass is 9.89. The van der Waals surface area contributed by atoms with E-state index in [1.165, 1.54) is 0 Å². The highest BCUT2D eigenvalue weighted by atomic mass is 19.2. The number of hydrogen-bond acceptors (Lipinski definition) is 3. The average molecular weight is 245 g/mol. The van der Waals surface area contributed by atoms with Crippen LogP contribution in [0.1, 0.15) is 16.8 Å². The van der Waals surface area contributed by atoms with Gasteiger partial charge >= 0.3 is 0 Å². The largest absolute Gasteiger partial charge is 0.379 e. The predicted octanol–water partition coefficient (Wildman–Crippen LogP) is 1.40. The van der Waals surface area contributed by atoms with E-state index in [1.54, 1.807) is 0 Å². The molecule has 1 atom stereocenters. The molecule has 0 bridgehead atoms. The summed E-state index contributed by atoms with van der Waals surface area (Å²) in [6.45, 7) is 0.234. The molecule has 17 heavy (non-hydrogen) atoms. The van der Waals surface area contributed by atoms with E-state index in [-0.39, 0.29) is 19.6 Å². The number of Topliss-reactive ketones (excluding diaryl/α,β-unsaturated/α-hetero) is 1. The number of ether oxygens (including phenoxy) is 1. The second-order valence-electron chi connectivity index (χ2n) is 4.01. The summed E-state index contributed by atoms with van der Waals surface area (Å²) in [5.41, 5.74) is 3.83. The molecule has 0 aliphatic carbocycles. The minimum atomic E-state index is -1.67. The Bertz CT molecular complexity index is 470. The monoisotopic (exact) mass is 245 g/mol. The zero-order chi connectivity index (χ0) is 12.6. The molecule has 0 spiro atoms. The molecular formula is C11H10F3NO2. The van der Waals surface area contributed by atoms with E-state index < -0.39 is 34.3 Å². The molecule has 1 unspecified atom stereocenters. The van der Waals surface area contributed by atoms with Crippen molar-refractivity contribution in [3.63, 3.8) is 0 Å². The van der Waals surface area contributed by atoms with E-state index in [2.05, 4.69) is 0 Å². The molecule has 1 saturated heterocycles. The van der Waals surface area contributed by atoms with Crippen molar-refractivity contribution in [3.8, 4) is 0 Å². The fourth-order valence-electron chi connectivity index (χ4n) is 1.73. The second kappa shape index (κ2) is 4.12. The molecule has 2 rings (SSSR count). The van der Waals surface area contributed by atoms with Gasteiger partial charge in [-0.05, 0) is 18.6 Å². The molecule has 92 valence electrons. The van der Waals surface area contributed by atoms with Crippen molar-refractivity contribution in [2.75, 3.05) is 13.2 Å². The van der Waals surface area contributed by atoms with E-state index in [4.69, 9.17) is 10.5 Å². The Hall–Kier alpha value is -1.40. The molecule has 6 heteroatoms. The topological polar surface area (TPSA) is 52.3 Å². The van der Waals surface area contributed by atoms with Gasteiger partial charge in [-0.2, -0.15) is 0 Å². The third kappa shape index (κ3) is 1.94. The molecule has 0 amide bonds. The van der Waals surface area contributed by atoms with E-state index >= 15 is 0 Å². The second-order valence-corrected chi connectivity index (χ2v) is 4.01. The van der Waals surface area contributed by atoms with Gasteiger partial charge in [-0.3, -0.25) is 4.79 Å². The number of benzene rings is 1. The van der Waals surface area contributed by atoms with Crippen molar-refractivity contribution in [1.82, 2.24) is 0 Å². The summed E-state index contributed by atoms with van der Waals surface area (Å²) in [7, 11) is 0. The van der Waals surface area contributed by atoms with E-state index in [0.717, 1.165) is 6.07 Å². The molecule has 1 aromatic carbocycles. The van der Waals surface area contributed by atoms with Crippen molar-refractivity contribution in [2.24, 2.45) is 5.73 Å². The van der Waals surface area contributed by atoms with Crippen molar-refractivity contribution in [2.45, 2.75) is 12.0 Å². The van der Waals surface area contributed by atoms with Gasteiger partial charge in [0, 0.05) is 6.61 Å². The molecule has 0 radical (unpaired) electrons. The molecule has 0 aromatic heterocycles. The maximum absolute atomic E-state index is 13.4. The van der Waals surface area contributed by atoms with Crippen molar-refractivity contribution in [3.05, 3.63) is 35.1 Å². The summed E-state index contributed by atoms with van der Waals surface area (Å²) in [4.78, 5) is 11.9. The summed E-state index contributed by atoms with van der Waals surface area (Å²) in [6, 6.07) is 1.59. The zero-order valence-corrected chi connectivity index (χ0v) is 8.80. The summed E-state index contributed by atoms with van der Waals surface area (Å²) in [5, 5.41) is 0. The number of nitrogens with two attached hydrogens (primary N) is 1. The Morgan fingerprint density at radius 2 is 2.00 bits per heavy atom. The molecule has 1 fully saturated rings. The first kappa shape index (κ1) is 12.1. The van der Waals surface area contributed by atoms with Crippen molar-refractivity contribution >= 4 is 5.78 Å². The van der Waals surface area contributed by atoms with Crippen LogP contribution < -0.4 is 5.73 Å². The number of carbonyl (C=O) groups is 1. The number of halogens is 3. The molecule has 3 nitrogen and oxygen atoms in total. The van der Waals surface area contributed by atoms with Crippen LogP contribution in [0, 0.1) is 17.5 Å². The first-order chi connectivity index (χ1) is 7.96. The van der Waals surface area contributed by atoms with Gasteiger partial charge in [-0.15, -0.1) is 0 Å². The fraction of sp³-hybridized carbons (Fsp3) is 0.364. The number of ketones is 1. The van der Waals surface area contributed by atoms with E-state index in [9.17, 15) is 18.0 Å². The van der Waals surface area contributed by atoms with Crippen LogP contribution in [0.3, 0.4) is 0 Å². The highest BCUT2D eigenvalue weighted by Gasteiger charge is 2.40. The molecule has 2 N–H and O–H groups in total. The van der Waals surface area contributed by atoms with E-state index in [0.29, 0.717) is 6.07 Å². The van der Waals surface area contributed by atoms with Gasteiger partial charge in [0.1, 0.15) is 5.54 Å². The first-order valence-corrected chi connectivity index (χ1v) is 5.00. The van der Waals surface area contributed by atoms with Gasteiger partial charge < -0.3 is 10.5 Å². The number of hydrogen-bond donors (Lipinski definition) is 1. The summed E-state index contributed by atoms with van der Waals surface area (Å²) < 4.78 is 44.1. The lowest BCUT2D eigenvalue weighted by Crippen LogP contribution is -2.48. The lowest BCUT2D eigenvalue weighted by molar-refractivity contribution is 0.0857. The number of rotatable bonds is 2. The molecule has 0 saturated carbocycles.